The van der Waals surface area contributed by atoms with Crippen LogP contribution in [-0.4, -0.2) is 10.8 Å². The van der Waals surface area contributed by atoms with Crippen LogP contribution in [0.25, 0.3) is 10.9 Å². The average molecular weight is 334 g/mol. The van der Waals surface area contributed by atoms with E-state index < -0.39 is 0 Å². The van der Waals surface area contributed by atoms with Gasteiger partial charge in [-0.25, -0.2) is 0 Å². The predicted octanol–water partition coefficient (Wildman–Crippen LogP) is 4.63. The molecule has 3 heteroatoms. The van der Waals surface area contributed by atoms with Crippen molar-refractivity contribution in [2.75, 3.05) is 0 Å². The third-order valence-corrected chi connectivity index (χ3v) is 5.60. The second-order valence-electron chi connectivity index (χ2n) is 5.92. The van der Waals surface area contributed by atoms with Crippen molar-refractivity contribution in [2.45, 2.75) is 46.5 Å². The largest absolute Gasteiger partial charge is 0.358 e. The number of H-pyrrole nitrogens is 1. The van der Waals surface area contributed by atoms with Gasteiger partial charge in [0.1, 0.15) is 5.78 Å². The molecule has 0 fully saturated rings. The summed E-state index contributed by atoms with van der Waals surface area (Å²) in [7, 11) is 0. The fraction of sp³-hybridized carbons (Fsp3) is 0.471. The van der Waals surface area contributed by atoms with E-state index in [4.69, 9.17) is 0 Å². The molecule has 1 heterocycles. The van der Waals surface area contributed by atoms with Gasteiger partial charge in [0.2, 0.25) is 0 Å². The molecule has 0 amide bonds. The van der Waals surface area contributed by atoms with Crippen molar-refractivity contribution >= 4 is 32.6 Å². The molecule has 20 heavy (non-hydrogen) atoms. The Bertz CT molecular complexity index is 699. The van der Waals surface area contributed by atoms with Crippen molar-refractivity contribution in [3.63, 3.8) is 0 Å². The van der Waals surface area contributed by atoms with E-state index >= 15 is 0 Å². The molecule has 0 aliphatic heterocycles. The van der Waals surface area contributed by atoms with Crippen LogP contribution >= 0.6 is 15.9 Å². The molecule has 0 radical (unpaired) electrons. The Hall–Kier alpha value is -1.09. The van der Waals surface area contributed by atoms with Gasteiger partial charge in [-0.05, 0) is 65.7 Å². The van der Waals surface area contributed by atoms with Crippen LogP contribution in [0.1, 0.15) is 42.1 Å². The van der Waals surface area contributed by atoms with Gasteiger partial charge in [-0.3, -0.25) is 4.79 Å². The summed E-state index contributed by atoms with van der Waals surface area (Å²) < 4.78 is 1.20. The van der Waals surface area contributed by atoms with Crippen LogP contribution in [0.3, 0.4) is 0 Å². The van der Waals surface area contributed by atoms with Gasteiger partial charge in [0.25, 0.3) is 0 Å². The topological polar surface area (TPSA) is 32.9 Å². The summed E-state index contributed by atoms with van der Waals surface area (Å²) in [6.45, 7) is 6.26. The zero-order valence-electron chi connectivity index (χ0n) is 12.3. The lowest BCUT2D eigenvalue weighted by Gasteiger charge is -2.21. The Morgan fingerprint density at radius 1 is 1.40 bits per heavy atom. The van der Waals surface area contributed by atoms with Gasteiger partial charge in [-0.15, -0.1) is 0 Å². The monoisotopic (exact) mass is 333 g/mol. The van der Waals surface area contributed by atoms with E-state index in [9.17, 15) is 4.79 Å². The molecule has 1 aromatic carbocycles. The van der Waals surface area contributed by atoms with Crippen LogP contribution in [0, 0.1) is 19.8 Å². The van der Waals surface area contributed by atoms with Gasteiger partial charge in [0, 0.05) is 33.4 Å². The number of aromatic nitrogens is 1. The zero-order valence-corrected chi connectivity index (χ0v) is 13.9. The highest BCUT2D eigenvalue weighted by Crippen LogP contribution is 2.38. The first-order valence-electron chi connectivity index (χ1n) is 7.34. The second kappa shape index (κ2) is 5.03. The molecule has 106 valence electrons. The number of Topliss-reactive ketones (excluding diaryl/α,β-unsaturated/α-hetero) is 1. The Balaban J connectivity index is 2.14. The number of carbonyl (C=O) groups is 1. The Kier molecular flexibility index (Phi) is 3.49. The van der Waals surface area contributed by atoms with Gasteiger partial charge in [0.15, 0.2) is 0 Å². The van der Waals surface area contributed by atoms with Crippen molar-refractivity contribution in [3.05, 3.63) is 32.9 Å². The molecule has 1 atom stereocenters. The molecule has 1 unspecified atom stereocenters. The van der Waals surface area contributed by atoms with Crippen molar-refractivity contribution in [2.24, 2.45) is 5.92 Å². The number of carbonyl (C=O) groups excluding carboxylic acids is 1. The number of hydrogen-bond donors (Lipinski definition) is 1. The summed E-state index contributed by atoms with van der Waals surface area (Å²) >= 11 is 3.74. The maximum Gasteiger partial charge on any atom is 0.136 e. The van der Waals surface area contributed by atoms with E-state index in [1.54, 1.807) is 0 Å². The average Bonchev–Trinajstić information content (AvgIpc) is 2.83. The molecule has 1 aliphatic carbocycles. The fourth-order valence-corrected chi connectivity index (χ4v) is 4.02. The van der Waals surface area contributed by atoms with Gasteiger partial charge < -0.3 is 4.98 Å². The van der Waals surface area contributed by atoms with Gasteiger partial charge in [-0.1, -0.05) is 13.0 Å². The number of nitrogens with one attached hydrogen (secondary N) is 1. The number of rotatable bonds is 2. The number of aromatic amines is 1. The minimum Gasteiger partial charge on any atom is -0.358 e. The second-order valence-corrected chi connectivity index (χ2v) is 6.71. The molecule has 0 spiro atoms. The number of aryl methyl sites for hydroxylation is 3. The molecule has 1 aromatic heterocycles. The van der Waals surface area contributed by atoms with Crippen molar-refractivity contribution in [1.29, 1.82) is 0 Å². The highest BCUT2D eigenvalue weighted by atomic mass is 79.9. The van der Waals surface area contributed by atoms with E-state index in [0.717, 1.165) is 19.3 Å². The Morgan fingerprint density at radius 3 is 2.85 bits per heavy atom. The van der Waals surface area contributed by atoms with Crippen LogP contribution in [-0.2, 0) is 17.6 Å². The normalized spacial score (nSPS) is 18.3. The lowest BCUT2D eigenvalue weighted by Crippen LogP contribution is -2.21. The number of halogens is 1. The number of benzene rings is 1. The first kappa shape index (κ1) is 13.9. The third kappa shape index (κ3) is 2.03. The van der Waals surface area contributed by atoms with E-state index in [0.29, 0.717) is 12.2 Å². The minimum atomic E-state index is 0.209. The number of hydrogen-bond acceptors (Lipinski definition) is 1. The summed E-state index contributed by atoms with van der Waals surface area (Å²) in [6.07, 6.45) is 3.53. The molecule has 3 rings (SSSR count). The SMILES string of the molecule is CCC(=O)C1CCc2c([nH]c3c(C)cc(C)c(Br)c23)C1. The fourth-order valence-electron chi connectivity index (χ4n) is 3.47. The highest BCUT2D eigenvalue weighted by molar-refractivity contribution is 9.10. The van der Waals surface area contributed by atoms with E-state index in [1.807, 2.05) is 6.92 Å². The summed E-state index contributed by atoms with van der Waals surface area (Å²) in [6, 6.07) is 2.21. The molecular formula is C17H20BrNO. The number of fused-ring (bicyclic) bond motifs is 3. The molecule has 0 saturated heterocycles. The van der Waals surface area contributed by atoms with Crippen molar-refractivity contribution < 1.29 is 4.79 Å². The molecule has 2 nitrogen and oxygen atoms in total. The Labute approximate surface area is 128 Å². The smallest absolute Gasteiger partial charge is 0.136 e. The molecule has 1 aliphatic rings. The first-order chi connectivity index (χ1) is 9.52. The summed E-state index contributed by atoms with van der Waals surface area (Å²) in [5, 5.41) is 1.33. The van der Waals surface area contributed by atoms with Crippen molar-refractivity contribution in [1.82, 2.24) is 4.98 Å². The summed E-state index contributed by atoms with van der Waals surface area (Å²) in [4.78, 5) is 15.5. The highest BCUT2D eigenvalue weighted by Gasteiger charge is 2.27. The first-order valence-corrected chi connectivity index (χ1v) is 8.14. The third-order valence-electron chi connectivity index (χ3n) is 4.58. The summed E-state index contributed by atoms with van der Waals surface area (Å²) in [5.41, 5.74) is 6.49. The molecular weight excluding hydrogens is 314 g/mol. The lowest BCUT2D eigenvalue weighted by molar-refractivity contribution is -0.122. The van der Waals surface area contributed by atoms with Gasteiger partial charge in [-0.2, -0.15) is 0 Å². The standard InChI is InChI=1S/C17H20BrNO/c1-4-14(20)11-5-6-12-13(8-11)19-17-10(3)7-9(2)16(18)15(12)17/h7,11,19H,4-6,8H2,1-3H3. The predicted molar refractivity (Wildman–Crippen MR) is 86.3 cm³/mol. The van der Waals surface area contributed by atoms with Crippen LogP contribution in [0.2, 0.25) is 0 Å². The van der Waals surface area contributed by atoms with E-state index in [-0.39, 0.29) is 5.92 Å². The van der Waals surface area contributed by atoms with E-state index in [1.165, 1.54) is 37.8 Å². The molecule has 0 saturated carbocycles. The zero-order chi connectivity index (χ0) is 14.4. The van der Waals surface area contributed by atoms with Gasteiger partial charge in [0.05, 0.1) is 0 Å². The molecule has 0 bridgehead atoms. The van der Waals surface area contributed by atoms with Crippen LogP contribution in [0.4, 0.5) is 0 Å². The van der Waals surface area contributed by atoms with Crippen LogP contribution in [0.15, 0.2) is 10.5 Å². The minimum absolute atomic E-state index is 0.209. The van der Waals surface area contributed by atoms with Crippen LogP contribution < -0.4 is 0 Å². The lowest BCUT2D eigenvalue weighted by atomic mass is 9.83. The Morgan fingerprint density at radius 2 is 2.15 bits per heavy atom. The molecule has 1 N–H and O–H groups in total. The maximum absolute atomic E-state index is 12.0. The summed E-state index contributed by atoms with van der Waals surface area (Å²) in [5.74, 6) is 0.613. The quantitative estimate of drug-likeness (QED) is 0.853. The van der Waals surface area contributed by atoms with Crippen molar-refractivity contribution in [3.8, 4) is 0 Å². The number of ketones is 1. The molecule has 2 aromatic rings. The van der Waals surface area contributed by atoms with Gasteiger partial charge >= 0.3 is 0 Å². The van der Waals surface area contributed by atoms with Crippen LogP contribution in [0.5, 0.6) is 0 Å². The maximum atomic E-state index is 12.0. The van der Waals surface area contributed by atoms with E-state index in [2.05, 4.69) is 40.8 Å².